The maximum absolute atomic E-state index is 4.30. The molecule has 2 nitrogen and oxygen atoms in total. The molecule has 1 aromatic carbocycles. The van der Waals surface area contributed by atoms with E-state index in [0.717, 1.165) is 11.3 Å². The van der Waals surface area contributed by atoms with E-state index in [2.05, 4.69) is 40.7 Å². The largest absolute Gasteiger partial charge is 0.378 e. The lowest BCUT2D eigenvalue weighted by atomic mass is 9.99. The number of anilines is 1. The average Bonchev–Trinajstić information content (AvgIpc) is 2.38. The number of pyridine rings is 1. The first kappa shape index (κ1) is 12.4. The van der Waals surface area contributed by atoms with Gasteiger partial charge in [0.1, 0.15) is 0 Å². The monoisotopic (exact) mass is 238 g/mol. The lowest BCUT2D eigenvalue weighted by molar-refractivity contribution is 1.13. The first-order valence-electron chi connectivity index (χ1n) is 5.99. The van der Waals surface area contributed by atoms with Gasteiger partial charge in [0, 0.05) is 37.2 Å². The standard InChI is InChI=1S/C16H18N2/c1-5-15-12(2)17-11-10-16(15)13-6-8-14(9-7-13)18(3)4/h5-11H,1H2,2-4H3. The van der Waals surface area contributed by atoms with Crippen molar-refractivity contribution >= 4 is 11.8 Å². The zero-order chi connectivity index (χ0) is 13.1. The molecule has 0 aliphatic carbocycles. The summed E-state index contributed by atoms with van der Waals surface area (Å²) in [6.45, 7) is 5.88. The van der Waals surface area contributed by atoms with E-state index in [9.17, 15) is 0 Å². The fraction of sp³-hybridized carbons (Fsp3) is 0.188. The maximum Gasteiger partial charge on any atom is 0.0450 e. The number of aromatic nitrogens is 1. The van der Waals surface area contributed by atoms with E-state index in [1.54, 1.807) is 0 Å². The highest BCUT2D eigenvalue weighted by Gasteiger charge is 2.06. The molecule has 18 heavy (non-hydrogen) atoms. The molecule has 1 heterocycles. The second-order valence-corrected chi connectivity index (χ2v) is 4.50. The van der Waals surface area contributed by atoms with Crippen molar-refractivity contribution in [1.29, 1.82) is 0 Å². The summed E-state index contributed by atoms with van der Waals surface area (Å²) in [7, 11) is 4.08. The fourth-order valence-corrected chi connectivity index (χ4v) is 2.03. The number of benzene rings is 1. The summed E-state index contributed by atoms with van der Waals surface area (Å²) in [5, 5.41) is 0. The Morgan fingerprint density at radius 3 is 2.33 bits per heavy atom. The molecule has 1 aromatic heterocycles. The molecule has 0 atom stereocenters. The van der Waals surface area contributed by atoms with Crippen LogP contribution in [0.2, 0.25) is 0 Å². The van der Waals surface area contributed by atoms with Gasteiger partial charge >= 0.3 is 0 Å². The van der Waals surface area contributed by atoms with Gasteiger partial charge in [-0.2, -0.15) is 0 Å². The Kier molecular flexibility index (Phi) is 3.47. The van der Waals surface area contributed by atoms with Crippen molar-refractivity contribution in [3.63, 3.8) is 0 Å². The molecule has 92 valence electrons. The van der Waals surface area contributed by atoms with Crippen molar-refractivity contribution in [2.75, 3.05) is 19.0 Å². The lowest BCUT2D eigenvalue weighted by Crippen LogP contribution is -2.07. The van der Waals surface area contributed by atoms with Crippen molar-refractivity contribution < 1.29 is 0 Å². The van der Waals surface area contributed by atoms with Crippen LogP contribution in [0.3, 0.4) is 0 Å². The lowest BCUT2D eigenvalue weighted by Gasteiger charge is -2.14. The highest BCUT2D eigenvalue weighted by Crippen LogP contribution is 2.27. The first-order valence-corrected chi connectivity index (χ1v) is 5.99. The normalized spacial score (nSPS) is 10.2. The maximum atomic E-state index is 4.30. The SMILES string of the molecule is C=Cc1c(-c2ccc(N(C)C)cc2)ccnc1C. The third-order valence-corrected chi connectivity index (χ3v) is 3.09. The van der Waals surface area contributed by atoms with Gasteiger partial charge in [0.15, 0.2) is 0 Å². The summed E-state index contributed by atoms with van der Waals surface area (Å²) in [5.74, 6) is 0. The van der Waals surface area contributed by atoms with Crippen LogP contribution < -0.4 is 4.90 Å². The minimum Gasteiger partial charge on any atom is -0.378 e. The summed E-state index contributed by atoms with van der Waals surface area (Å²) in [6, 6.07) is 10.6. The van der Waals surface area contributed by atoms with Crippen molar-refractivity contribution in [3.05, 3.63) is 54.4 Å². The van der Waals surface area contributed by atoms with Crippen LogP contribution in [0.4, 0.5) is 5.69 Å². The second kappa shape index (κ2) is 5.05. The molecule has 0 amide bonds. The molecule has 2 heteroatoms. The van der Waals surface area contributed by atoms with E-state index < -0.39 is 0 Å². The van der Waals surface area contributed by atoms with Crippen molar-refractivity contribution in [2.45, 2.75) is 6.92 Å². The molecule has 0 aliphatic heterocycles. The zero-order valence-corrected chi connectivity index (χ0v) is 11.1. The average molecular weight is 238 g/mol. The van der Waals surface area contributed by atoms with Crippen molar-refractivity contribution in [2.24, 2.45) is 0 Å². The smallest absolute Gasteiger partial charge is 0.0450 e. The van der Waals surface area contributed by atoms with Crippen LogP contribution in [0.15, 0.2) is 43.1 Å². The van der Waals surface area contributed by atoms with Crippen LogP contribution in [0, 0.1) is 6.92 Å². The summed E-state index contributed by atoms with van der Waals surface area (Å²) < 4.78 is 0. The highest BCUT2D eigenvalue weighted by atomic mass is 15.1. The predicted molar refractivity (Wildman–Crippen MR) is 78.8 cm³/mol. The number of rotatable bonds is 3. The van der Waals surface area contributed by atoms with E-state index in [-0.39, 0.29) is 0 Å². The Balaban J connectivity index is 2.49. The Hall–Kier alpha value is -2.09. The van der Waals surface area contributed by atoms with Crippen LogP contribution in [-0.4, -0.2) is 19.1 Å². The van der Waals surface area contributed by atoms with Gasteiger partial charge in [0.25, 0.3) is 0 Å². The number of hydrogen-bond acceptors (Lipinski definition) is 2. The van der Waals surface area contributed by atoms with Crippen molar-refractivity contribution in [1.82, 2.24) is 4.98 Å². The molecule has 0 radical (unpaired) electrons. The Morgan fingerprint density at radius 1 is 1.11 bits per heavy atom. The van der Waals surface area contributed by atoms with E-state index in [1.165, 1.54) is 16.8 Å². The summed E-state index contributed by atoms with van der Waals surface area (Å²) in [5.41, 5.74) is 5.70. The number of hydrogen-bond donors (Lipinski definition) is 0. The van der Waals surface area contributed by atoms with Crippen molar-refractivity contribution in [3.8, 4) is 11.1 Å². The molecule has 2 aromatic rings. The van der Waals surface area contributed by atoms with Gasteiger partial charge in [0.2, 0.25) is 0 Å². The van der Waals surface area contributed by atoms with Gasteiger partial charge in [0.05, 0.1) is 0 Å². The molecule has 0 bridgehead atoms. The van der Waals surface area contributed by atoms with Gasteiger partial charge in [-0.05, 0) is 36.2 Å². The summed E-state index contributed by atoms with van der Waals surface area (Å²) in [4.78, 5) is 6.40. The Bertz CT molecular complexity index is 554. The molecule has 0 aliphatic rings. The Labute approximate surface area is 109 Å². The molecule has 0 fully saturated rings. The predicted octanol–water partition coefficient (Wildman–Crippen LogP) is 3.77. The van der Waals surface area contributed by atoms with E-state index >= 15 is 0 Å². The molecule has 0 N–H and O–H groups in total. The van der Waals surface area contributed by atoms with Crippen LogP contribution in [-0.2, 0) is 0 Å². The van der Waals surface area contributed by atoms with Crippen LogP contribution >= 0.6 is 0 Å². The highest BCUT2D eigenvalue weighted by molar-refractivity contribution is 5.76. The molecule has 0 spiro atoms. The minimum atomic E-state index is 1.01. The third-order valence-electron chi connectivity index (χ3n) is 3.09. The fourth-order valence-electron chi connectivity index (χ4n) is 2.03. The molecule has 0 saturated heterocycles. The number of aryl methyl sites for hydroxylation is 1. The Morgan fingerprint density at radius 2 is 1.78 bits per heavy atom. The minimum absolute atomic E-state index is 1.01. The van der Waals surface area contributed by atoms with Crippen LogP contribution in [0.1, 0.15) is 11.3 Å². The topological polar surface area (TPSA) is 16.1 Å². The van der Waals surface area contributed by atoms with Crippen LogP contribution in [0.25, 0.3) is 17.2 Å². The molecular weight excluding hydrogens is 220 g/mol. The van der Waals surface area contributed by atoms with Gasteiger partial charge in [-0.1, -0.05) is 24.8 Å². The van der Waals surface area contributed by atoms with E-state index in [1.807, 2.05) is 39.4 Å². The first-order chi connectivity index (χ1) is 8.63. The quantitative estimate of drug-likeness (QED) is 0.809. The summed E-state index contributed by atoms with van der Waals surface area (Å²) in [6.07, 6.45) is 3.72. The molecule has 0 unspecified atom stereocenters. The van der Waals surface area contributed by atoms with E-state index in [4.69, 9.17) is 0 Å². The van der Waals surface area contributed by atoms with Gasteiger partial charge in [-0.15, -0.1) is 0 Å². The van der Waals surface area contributed by atoms with Gasteiger partial charge in [-0.3, -0.25) is 4.98 Å². The second-order valence-electron chi connectivity index (χ2n) is 4.50. The molecular formula is C16H18N2. The molecule has 2 rings (SSSR count). The van der Waals surface area contributed by atoms with E-state index in [0.29, 0.717) is 0 Å². The number of nitrogens with zero attached hydrogens (tertiary/aromatic N) is 2. The van der Waals surface area contributed by atoms with Crippen LogP contribution in [0.5, 0.6) is 0 Å². The zero-order valence-electron chi connectivity index (χ0n) is 11.1. The third kappa shape index (κ3) is 2.28. The molecule has 0 saturated carbocycles. The van der Waals surface area contributed by atoms with Gasteiger partial charge in [-0.25, -0.2) is 0 Å². The summed E-state index contributed by atoms with van der Waals surface area (Å²) >= 11 is 0. The van der Waals surface area contributed by atoms with Gasteiger partial charge < -0.3 is 4.90 Å².